The second kappa shape index (κ2) is 7.82. The van der Waals surface area contributed by atoms with Crippen LogP contribution in [0.1, 0.15) is 20.7 Å². The van der Waals surface area contributed by atoms with Crippen molar-refractivity contribution in [1.29, 1.82) is 0 Å². The van der Waals surface area contributed by atoms with Crippen LogP contribution in [0.25, 0.3) is 0 Å². The van der Waals surface area contributed by atoms with Crippen molar-refractivity contribution in [2.24, 2.45) is 0 Å². The molecule has 0 atom stereocenters. The van der Waals surface area contributed by atoms with Crippen LogP contribution in [0, 0.1) is 0 Å². The molecular weight excluding hydrogens is 238 g/mol. The molecule has 2 aromatic rings. The second-order valence-corrected chi connectivity index (χ2v) is 4.13. The van der Waals surface area contributed by atoms with Crippen LogP contribution in [0.3, 0.4) is 0 Å². The van der Waals surface area contributed by atoms with Crippen molar-refractivity contribution in [3.8, 4) is 0 Å². The first-order chi connectivity index (χ1) is 9.17. The summed E-state index contributed by atoms with van der Waals surface area (Å²) in [5.41, 5.74) is 2.55. The van der Waals surface area contributed by atoms with Gasteiger partial charge in [0.2, 0.25) is 0 Å². The molecule has 2 rings (SSSR count). The second-order valence-electron chi connectivity index (χ2n) is 4.13. The Morgan fingerprint density at radius 3 is 1.58 bits per heavy atom. The molecule has 0 unspecified atom stereocenters. The molecule has 3 heteroatoms. The third kappa shape index (κ3) is 5.17. The Kier molecular flexibility index (Phi) is 6.03. The molecule has 0 aliphatic rings. The molecule has 0 heterocycles. The van der Waals surface area contributed by atoms with E-state index in [1.165, 1.54) is 0 Å². The van der Waals surface area contributed by atoms with Crippen LogP contribution < -0.4 is 4.90 Å². The summed E-state index contributed by atoms with van der Waals surface area (Å²) in [6.45, 7) is 0. The highest BCUT2D eigenvalue weighted by atomic mass is 16.1. The molecule has 3 nitrogen and oxygen atoms in total. The number of benzene rings is 2. The monoisotopic (exact) mass is 255 g/mol. The minimum Gasteiger partial charge on any atom is -0.378 e. The van der Waals surface area contributed by atoms with Crippen LogP contribution in [0.5, 0.6) is 0 Å². The van der Waals surface area contributed by atoms with Gasteiger partial charge in [0.05, 0.1) is 0 Å². The zero-order valence-corrected chi connectivity index (χ0v) is 11.1. The number of hydrogen-bond acceptors (Lipinski definition) is 3. The van der Waals surface area contributed by atoms with Crippen LogP contribution in [0.4, 0.5) is 5.69 Å². The summed E-state index contributed by atoms with van der Waals surface area (Å²) in [5.74, 6) is 0. The predicted octanol–water partition coefficient (Wildman–Crippen LogP) is 3.06. The number of hydrogen-bond donors (Lipinski definition) is 0. The Labute approximate surface area is 113 Å². The molecule has 98 valence electrons. The van der Waals surface area contributed by atoms with Gasteiger partial charge >= 0.3 is 0 Å². The lowest BCUT2D eigenvalue weighted by molar-refractivity contribution is 0.111. The summed E-state index contributed by atoms with van der Waals surface area (Å²) in [4.78, 5) is 22.3. The maximum atomic E-state index is 10.3. The van der Waals surface area contributed by atoms with E-state index in [0.717, 1.165) is 29.4 Å². The maximum absolute atomic E-state index is 10.3. The topological polar surface area (TPSA) is 37.4 Å². The molecule has 0 aliphatic carbocycles. The zero-order chi connectivity index (χ0) is 14.1. The van der Waals surface area contributed by atoms with Crippen LogP contribution >= 0.6 is 0 Å². The van der Waals surface area contributed by atoms with Crippen molar-refractivity contribution in [1.82, 2.24) is 0 Å². The number of rotatable bonds is 3. The molecule has 0 saturated heterocycles. The molecule has 0 radical (unpaired) electrons. The van der Waals surface area contributed by atoms with E-state index >= 15 is 0 Å². The molecule has 0 aliphatic heterocycles. The first kappa shape index (κ1) is 14.6. The fourth-order valence-corrected chi connectivity index (χ4v) is 1.38. The van der Waals surface area contributed by atoms with Crippen molar-refractivity contribution in [3.05, 3.63) is 65.7 Å². The molecular formula is C16H17NO2. The van der Waals surface area contributed by atoms with Gasteiger partial charge in [-0.1, -0.05) is 30.3 Å². The van der Waals surface area contributed by atoms with E-state index in [0.29, 0.717) is 0 Å². The molecule has 19 heavy (non-hydrogen) atoms. The third-order valence-corrected chi connectivity index (χ3v) is 2.48. The largest absolute Gasteiger partial charge is 0.378 e. The van der Waals surface area contributed by atoms with Crippen molar-refractivity contribution in [2.45, 2.75) is 0 Å². The average molecular weight is 255 g/mol. The number of carbonyl (C=O) groups excluding carboxylic acids is 2. The Bertz CT molecular complexity index is 504. The lowest BCUT2D eigenvalue weighted by Gasteiger charge is -2.11. The van der Waals surface area contributed by atoms with Gasteiger partial charge in [-0.3, -0.25) is 9.59 Å². The van der Waals surface area contributed by atoms with Crippen molar-refractivity contribution in [3.63, 3.8) is 0 Å². The Balaban J connectivity index is 0.000000200. The molecule has 0 bridgehead atoms. The molecule has 0 amide bonds. The van der Waals surface area contributed by atoms with Gasteiger partial charge in [0, 0.05) is 30.9 Å². The average Bonchev–Trinajstić information content (AvgIpc) is 2.48. The van der Waals surface area contributed by atoms with Crippen molar-refractivity contribution < 1.29 is 9.59 Å². The highest BCUT2D eigenvalue weighted by Crippen LogP contribution is 2.10. The lowest BCUT2D eigenvalue weighted by atomic mass is 10.2. The fraction of sp³-hybridized carbons (Fsp3) is 0.125. The summed E-state index contributed by atoms with van der Waals surface area (Å²) in [6.07, 6.45) is 1.68. The van der Waals surface area contributed by atoms with Gasteiger partial charge in [-0.2, -0.15) is 0 Å². The summed E-state index contributed by atoms with van der Waals surface area (Å²) in [5, 5.41) is 0. The first-order valence-electron chi connectivity index (χ1n) is 5.90. The van der Waals surface area contributed by atoms with E-state index in [9.17, 15) is 9.59 Å². The van der Waals surface area contributed by atoms with Gasteiger partial charge in [-0.05, 0) is 24.3 Å². The summed E-state index contributed by atoms with van der Waals surface area (Å²) in [6, 6.07) is 16.6. The lowest BCUT2D eigenvalue weighted by Crippen LogP contribution is -2.08. The van der Waals surface area contributed by atoms with Crippen LogP contribution in [-0.2, 0) is 0 Å². The Morgan fingerprint density at radius 1 is 0.737 bits per heavy atom. The SMILES string of the molecule is CN(C)c1ccc(C=O)cc1.O=Cc1ccccc1. The van der Waals surface area contributed by atoms with Gasteiger partial charge < -0.3 is 4.90 Å². The number of anilines is 1. The number of aldehydes is 2. The molecule has 0 aromatic heterocycles. The zero-order valence-electron chi connectivity index (χ0n) is 11.1. The normalized spacial score (nSPS) is 8.95. The standard InChI is InChI=1S/C9H11NO.C7H6O/c1-10(2)9-5-3-8(7-11)4-6-9;8-6-7-4-2-1-3-5-7/h3-7H,1-2H3;1-6H. The van der Waals surface area contributed by atoms with Gasteiger partial charge in [0.25, 0.3) is 0 Å². The van der Waals surface area contributed by atoms with Gasteiger partial charge in [0.15, 0.2) is 0 Å². The summed E-state index contributed by atoms with van der Waals surface area (Å²) >= 11 is 0. The first-order valence-corrected chi connectivity index (χ1v) is 5.90. The number of nitrogens with zero attached hydrogens (tertiary/aromatic N) is 1. The summed E-state index contributed by atoms with van der Waals surface area (Å²) < 4.78 is 0. The van der Waals surface area contributed by atoms with Gasteiger partial charge in [0.1, 0.15) is 12.6 Å². The number of carbonyl (C=O) groups is 2. The molecule has 0 N–H and O–H groups in total. The highest BCUT2D eigenvalue weighted by molar-refractivity contribution is 5.75. The minimum atomic E-state index is 0.718. The molecule has 0 fully saturated rings. The van der Waals surface area contributed by atoms with Crippen LogP contribution in [0.15, 0.2) is 54.6 Å². The van der Waals surface area contributed by atoms with E-state index < -0.39 is 0 Å². The van der Waals surface area contributed by atoms with Crippen molar-refractivity contribution in [2.75, 3.05) is 19.0 Å². The highest BCUT2D eigenvalue weighted by Gasteiger charge is 1.93. The Morgan fingerprint density at radius 2 is 1.21 bits per heavy atom. The van der Waals surface area contributed by atoms with Crippen LogP contribution in [0.2, 0.25) is 0 Å². The smallest absolute Gasteiger partial charge is 0.150 e. The molecule has 0 spiro atoms. The summed E-state index contributed by atoms with van der Waals surface area (Å²) in [7, 11) is 3.94. The van der Waals surface area contributed by atoms with Crippen LogP contribution in [-0.4, -0.2) is 26.7 Å². The maximum Gasteiger partial charge on any atom is 0.150 e. The van der Waals surface area contributed by atoms with E-state index in [1.54, 1.807) is 12.1 Å². The predicted molar refractivity (Wildman–Crippen MR) is 78.0 cm³/mol. The van der Waals surface area contributed by atoms with Crippen molar-refractivity contribution >= 4 is 18.3 Å². The van der Waals surface area contributed by atoms with E-state index in [1.807, 2.05) is 61.5 Å². The van der Waals surface area contributed by atoms with Gasteiger partial charge in [-0.25, -0.2) is 0 Å². The minimum absolute atomic E-state index is 0.718. The fourth-order valence-electron chi connectivity index (χ4n) is 1.38. The molecule has 2 aromatic carbocycles. The van der Waals surface area contributed by atoms with Gasteiger partial charge in [-0.15, -0.1) is 0 Å². The molecule has 0 saturated carbocycles. The van der Waals surface area contributed by atoms with E-state index in [4.69, 9.17) is 0 Å². The quantitative estimate of drug-likeness (QED) is 0.791. The Hall–Kier alpha value is -2.42. The third-order valence-electron chi connectivity index (χ3n) is 2.48. The van der Waals surface area contributed by atoms with E-state index in [2.05, 4.69) is 0 Å². The van der Waals surface area contributed by atoms with E-state index in [-0.39, 0.29) is 0 Å².